The Labute approximate surface area is 208 Å². The molecule has 1 unspecified atom stereocenters. The molecule has 3 N–H and O–H groups in total. The first-order valence-electron chi connectivity index (χ1n) is 11.0. The second kappa shape index (κ2) is 9.03. The largest absolute Gasteiger partial charge is 0.487 e. The highest BCUT2D eigenvalue weighted by atomic mass is 35.5. The fraction of sp³-hybridized carbons (Fsp3) is 0.304. The molecule has 3 aromatic rings. The molecule has 1 fully saturated rings. The molecule has 2 aliphatic heterocycles. The molecule has 1 atom stereocenters. The number of hydrogen-bond acceptors (Lipinski definition) is 7. The van der Waals surface area contributed by atoms with Gasteiger partial charge in [-0.15, -0.1) is 8.78 Å². The summed E-state index contributed by atoms with van der Waals surface area (Å²) in [6.45, 7) is 1.34. The first-order chi connectivity index (χ1) is 17.1. The number of alkyl halides is 3. The number of nitrogens with zero attached hydrogens (tertiary/aromatic N) is 4. The molecular weight excluding hydrogens is 498 g/mol. The summed E-state index contributed by atoms with van der Waals surface area (Å²) in [6.07, 6.45) is 1.49. The molecule has 0 bridgehead atoms. The van der Waals surface area contributed by atoms with Crippen molar-refractivity contribution in [1.29, 1.82) is 0 Å². The van der Waals surface area contributed by atoms with Crippen molar-refractivity contribution in [2.75, 3.05) is 30.4 Å². The molecule has 0 aliphatic carbocycles. The zero-order valence-electron chi connectivity index (χ0n) is 19.0. The van der Waals surface area contributed by atoms with Crippen LogP contribution in [0.5, 0.6) is 5.75 Å². The predicted molar refractivity (Wildman–Crippen MR) is 126 cm³/mol. The van der Waals surface area contributed by atoms with Gasteiger partial charge in [-0.3, -0.25) is 9.59 Å². The Morgan fingerprint density at radius 3 is 2.72 bits per heavy atom. The fourth-order valence-corrected chi connectivity index (χ4v) is 4.29. The number of aromatic nitrogens is 3. The number of pyridine rings is 1. The Morgan fingerprint density at radius 2 is 2.08 bits per heavy atom. The van der Waals surface area contributed by atoms with E-state index in [1.807, 2.05) is 4.90 Å². The number of amides is 2. The summed E-state index contributed by atoms with van der Waals surface area (Å²) in [5.41, 5.74) is -1.80. The summed E-state index contributed by atoms with van der Waals surface area (Å²) < 4.78 is 29.9. The van der Waals surface area contributed by atoms with Crippen molar-refractivity contribution in [2.24, 2.45) is 0 Å². The van der Waals surface area contributed by atoms with Gasteiger partial charge in [-0.05, 0) is 36.8 Å². The molecule has 188 valence electrons. The number of ether oxygens (including phenoxy) is 1. The Kier molecular flexibility index (Phi) is 6.00. The number of H-pyrrole nitrogens is 1. The van der Waals surface area contributed by atoms with E-state index in [1.165, 1.54) is 30.5 Å². The number of nitrogens with one attached hydrogen (secondary N) is 2. The number of benzene rings is 1. The van der Waals surface area contributed by atoms with Crippen molar-refractivity contribution in [3.63, 3.8) is 0 Å². The van der Waals surface area contributed by atoms with Gasteiger partial charge >= 0.3 is 5.57 Å². The maximum Gasteiger partial charge on any atom is 0.487 e. The molecule has 0 spiro atoms. The number of aliphatic hydroxyl groups excluding tert-OH is 1. The summed E-state index contributed by atoms with van der Waals surface area (Å²) in [7, 11) is 1.68. The molecule has 36 heavy (non-hydrogen) atoms. The highest BCUT2D eigenvalue weighted by Gasteiger charge is 2.31. The van der Waals surface area contributed by atoms with Gasteiger partial charge in [0.25, 0.3) is 11.8 Å². The molecule has 2 aromatic heterocycles. The van der Waals surface area contributed by atoms with E-state index in [1.54, 1.807) is 18.0 Å². The molecule has 2 aliphatic rings. The topological polar surface area (TPSA) is 124 Å². The second-order valence-corrected chi connectivity index (χ2v) is 9.02. The fourth-order valence-electron chi connectivity index (χ4n) is 4.20. The average Bonchev–Trinajstić information content (AvgIpc) is 3.50. The van der Waals surface area contributed by atoms with E-state index in [9.17, 15) is 23.5 Å². The molecule has 4 heterocycles. The van der Waals surface area contributed by atoms with E-state index < -0.39 is 17.6 Å². The third-order valence-electron chi connectivity index (χ3n) is 5.92. The Morgan fingerprint density at radius 1 is 1.33 bits per heavy atom. The molecule has 1 aromatic carbocycles. The highest BCUT2D eigenvalue weighted by Crippen LogP contribution is 2.33. The third kappa shape index (κ3) is 4.82. The van der Waals surface area contributed by atoms with Crippen LogP contribution in [0.25, 0.3) is 11.4 Å². The van der Waals surface area contributed by atoms with Crippen molar-refractivity contribution >= 4 is 34.9 Å². The lowest BCUT2D eigenvalue weighted by Gasteiger charge is -2.20. The van der Waals surface area contributed by atoms with Crippen molar-refractivity contribution in [1.82, 2.24) is 19.9 Å². The van der Waals surface area contributed by atoms with Gasteiger partial charge in [-0.25, -0.2) is 9.97 Å². The van der Waals surface area contributed by atoms with E-state index in [0.29, 0.717) is 60.3 Å². The van der Waals surface area contributed by atoms with Crippen LogP contribution in [-0.4, -0.2) is 68.6 Å². The van der Waals surface area contributed by atoms with Crippen molar-refractivity contribution in [2.45, 2.75) is 24.6 Å². The summed E-state index contributed by atoms with van der Waals surface area (Å²) in [5, 5.41) is 12.7. The number of aromatic amines is 1. The van der Waals surface area contributed by atoms with Crippen molar-refractivity contribution in [3.8, 4) is 17.1 Å². The molecule has 0 radical (unpaired) electrons. The molecule has 0 saturated carbocycles. The van der Waals surface area contributed by atoms with Crippen LogP contribution in [0.15, 0.2) is 36.5 Å². The quantitative estimate of drug-likeness (QED) is 0.428. The van der Waals surface area contributed by atoms with Crippen LogP contribution >= 0.6 is 11.6 Å². The van der Waals surface area contributed by atoms with Gasteiger partial charge in [0.1, 0.15) is 17.4 Å². The number of aliphatic hydroxyl groups is 1. The van der Waals surface area contributed by atoms with E-state index in [0.717, 1.165) is 0 Å². The third-order valence-corrected chi connectivity index (χ3v) is 5.99. The maximum atomic E-state index is 13.0. The number of β-amino-alcohol motifs (C(OH)–C–C–N with tert-alkyl or cyclic N) is 1. The van der Waals surface area contributed by atoms with Crippen LogP contribution in [0.4, 0.5) is 20.3 Å². The van der Waals surface area contributed by atoms with E-state index in [-0.39, 0.29) is 17.2 Å². The average molecular weight is 519 g/mol. The molecule has 13 heteroatoms. The number of fused-ring (bicyclic) bond motifs is 1. The number of imidazole rings is 1. The van der Waals surface area contributed by atoms with Crippen molar-refractivity contribution in [3.05, 3.63) is 53.5 Å². The SMILES string of the molecule is CN1Cc2[nH]c(-c3cc(C(=O)Nc4ccc(OC(F)(F)Cl)cc4)cnc3N3CCC(O)C3)nc2C1=O. The standard InChI is InChI=1S/C23H21ClF2N6O4/c1-31-11-17-18(22(31)35)30-19(29-17)16-8-12(9-27-20(16)32-7-6-14(33)10-32)21(34)28-13-2-4-15(5-3-13)36-23(24,25)26/h2-5,8-9,14,33H,6-7,10-11H2,1H3,(H,28,34)(H,29,30). The minimum Gasteiger partial charge on any atom is -0.420 e. The molecule has 5 rings (SSSR count). The lowest BCUT2D eigenvalue weighted by atomic mass is 10.1. The van der Waals surface area contributed by atoms with Crippen LogP contribution in [0.2, 0.25) is 0 Å². The van der Waals surface area contributed by atoms with Crippen LogP contribution in [0.3, 0.4) is 0 Å². The number of rotatable bonds is 6. The van der Waals surface area contributed by atoms with Crippen molar-refractivity contribution < 1.29 is 28.2 Å². The summed E-state index contributed by atoms with van der Waals surface area (Å²) in [6, 6.07) is 6.88. The zero-order chi connectivity index (χ0) is 25.6. The van der Waals surface area contributed by atoms with Crippen LogP contribution in [-0.2, 0) is 6.54 Å². The van der Waals surface area contributed by atoms with Crippen LogP contribution in [0.1, 0.15) is 33.0 Å². The molecule has 1 saturated heterocycles. The van der Waals surface area contributed by atoms with Gasteiger partial charge in [0, 0.05) is 43.6 Å². The van der Waals surface area contributed by atoms with Crippen LogP contribution < -0.4 is 15.0 Å². The van der Waals surface area contributed by atoms with Gasteiger partial charge < -0.3 is 29.9 Å². The number of anilines is 2. The minimum absolute atomic E-state index is 0.167. The van der Waals surface area contributed by atoms with E-state index in [4.69, 9.17) is 11.6 Å². The smallest absolute Gasteiger partial charge is 0.420 e. The second-order valence-electron chi connectivity index (χ2n) is 8.58. The number of carbonyl (C=O) groups excluding carboxylic acids is 2. The molecule has 2 amide bonds. The molecular formula is C23H21ClF2N6O4. The summed E-state index contributed by atoms with van der Waals surface area (Å²) in [5.74, 6) is 0.0540. The first kappa shape index (κ1) is 23.9. The van der Waals surface area contributed by atoms with Gasteiger partial charge in [-0.2, -0.15) is 0 Å². The van der Waals surface area contributed by atoms with Gasteiger partial charge in [0.05, 0.1) is 29.5 Å². The van der Waals surface area contributed by atoms with Gasteiger partial charge in [0.15, 0.2) is 5.69 Å². The highest BCUT2D eigenvalue weighted by molar-refractivity contribution is 6.20. The van der Waals surface area contributed by atoms with Gasteiger partial charge in [-0.1, -0.05) is 0 Å². The Bertz CT molecular complexity index is 1330. The van der Waals surface area contributed by atoms with E-state index >= 15 is 0 Å². The summed E-state index contributed by atoms with van der Waals surface area (Å²) >= 11 is 4.77. The normalized spacial score (nSPS) is 17.5. The lowest BCUT2D eigenvalue weighted by molar-refractivity contribution is -0.0964. The predicted octanol–water partition coefficient (Wildman–Crippen LogP) is 3.05. The Balaban J connectivity index is 1.43. The number of hydrogen-bond donors (Lipinski definition) is 3. The van der Waals surface area contributed by atoms with Gasteiger partial charge in [0.2, 0.25) is 0 Å². The molecule has 10 nitrogen and oxygen atoms in total. The minimum atomic E-state index is -3.84. The lowest BCUT2D eigenvalue weighted by Crippen LogP contribution is -2.24. The van der Waals surface area contributed by atoms with Crippen LogP contribution in [0, 0.1) is 0 Å². The summed E-state index contributed by atoms with van der Waals surface area (Å²) in [4.78, 5) is 40.9. The number of carbonyl (C=O) groups is 2. The first-order valence-corrected chi connectivity index (χ1v) is 11.4. The monoisotopic (exact) mass is 518 g/mol. The Hall–Kier alpha value is -3.77. The van der Waals surface area contributed by atoms with E-state index in [2.05, 4.69) is 25.0 Å². The number of halogens is 3. The zero-order valence-corrected chi connectivity index (χ0v) is 19.7. The maximum absolute atomic E-state index is 13.0.